The lowest BCUT2D eigenvalue weighted by Crippen LogP contribution is -2.46. The SMILES string of the molecule is COc1cc(-c2nc(C)nc3c(C(=O)NC4CCN(C(=O)O)CC4)c(C)n(COCC[Si](C)(C)C)c23)c(OCC2CC2)cc1F. The fraction of sp³-hybridized carbons (Fsp3) is 0.562. The molecule has 0 spiro atoms. The van der Waals surface area contributed by atoms with Gasteiger partial charge in [-0.3, -0.25) is 4.79 Å². The van der Waals surface area contributed by atoms with Crippen LogP contribution in [0.25, 0.3) is 22.3 Å². The van der Waals surface area contributed by atoms with Crippen LogP contribution in [0.1, 0.15) is 47.6 Å². The summed E-state index contributed by atoms with van der Waals surface area (Å²) in [5.74, 6) is 0.455. The first-order chi connectivity index (χ1) is 21.4. The number of hydrogen-bond donors (Lipinski definition) is 2. The second-order valence-electron chi connectivity index (χ2n) is 13.3. The predicted molar refractivity (Wildman–Crippen MR) is 171 cm³/mol. The number of carbonyl (C=O) groups excluding carboxylic acids is 1. The van der Waals surface area contributed by atoms with Crippen LogP contribution in [0.3, 0.4) is 0 Å². The minimum Gasteiger partial charge on any atom is -0.494 e. The van der Waals surface area contributed by atoms with Crippen molar-refractivity contribution in [2.24, 2.45) is 5.92 Å². The van der Waals surface area contributed by atoms with Gasteiger partial charge in [-0.05, 0) is 57.6 Å². The van der Waals surface area contributed by atoms with Gasteiger partial charge in [0.15, 0.2) is 11.6 Å². The Balaban J connectivity index is 1.59. The Hall–Kier alpha value is -3.71. The number of aromatic nitrogens is 3. The molecule has 5 rings (SSSR count). The minimum absolute atomic E-state index is 0.0556. The first-order valence-corrected chi connectivity index (χ1v) is 19.3. The van der Waals surface area contributed by atoms with Gasteiger partial charge in [-0.1, -0.05) is 19.6 Å². The van der Waals surface area contributed by atoms with Crippen LogP contribution in [0.5, 0.6) is 11.5 Å². The van der Waals surface area contributed by atoms with Gasteiger partial charge < -0.3 is 34.1 Å². The van der Waals surface area contributed by atoms with Gasteiger partial charge in [0.2, 0.25) is 0 Å². The Morgan fingerprint density at radius 1 is 1.09 bits per heavy atom. The van der Waals surface area contributed by atoms with E-state index in [0.29, 0.717) is 90.2 Å². The predicted octanol–water partition coefficient (Wildman–Crippen LogP) is 5.84. The van der Waals surface area contributed by atoms with Gasteiger partial charge in [0.25, 0.3) is 5.91 Å². The van der Waals surface area contributed by atoms with Crippen molar-refractivity contribution in [2.75, 3.05) is 33.4 Å². The Labute approximate surface area is 264 Å². The number of rotatable bonds is 12. The molecule has 2 fully saturated rings. The summed E-state index contributed by atoms with van der Waals surface area (Å²) in [6.45, 7) is 12.4. The zero-order valence-corrected chi connectivity index (χ0v) is 28.0. The van der Waals surface area contributed by atoms with Crippen LogP contribution in [0.2, 0.25) is 25.7 Å². The largest absolute Gasteiger partial charge is 0.494 e. The van der Waals surface area contributed by atoms with Gasteiger partial charge in [0.05, 0.1) is 24.8 Å². The standard InChI is InChI=1S/C32H44FN5O6Si/c1-19-27(31(39)36-22-9-11-37(12-10-22)32(40)41)29-30(38(19)18-43-13-14-45(4,5)6)28(34-20(2)35-29)23-15-26(42-3)24(33)16-25(23)44-17-21-7-8-21/h15-16,21-22H,7-14,17-18H2,1-6H3,(H,36,39)(H,40,41). The van der Waals surface area contributed by atoms with Crippen LogP contribution in [-0.4, -0.2) is 84.1 Å². The van der Waals surface area contributed by atoms with Gasteiger partial charge in [-0.15, -0.1) is 0 Å². The molecule has 0 atom stereocenters. The average molecular weight is 642 g/mol. The third-order valence-corrected chi connectivity index (χ3v) is 10.2. The molecule has 2 amide bonds. The summed E-state index contributed by atoms with van der Waals surface area (Å²) >= 11 is 0. The van der Waals surface area contributed by atoms with E-state index in [2.05, 4.69) is 25.0 Å². The fourth-order valence-electron chi connectivity index (χ4n) is 5.59. The van der Waals surface area contributed by atoms with E-state index in [1.54, 1.807) is 13.0 Å². The topological polar surface area (TPSA) is 128 Å². The molecule has 1 aliphatic heterocycles. The van der Waals surface area contributed by atoms with Crippen molar-refractivity contribution >= 4 is 31.1 Å². The summed E-state index contributed by atoms with van der Waals surface area (Å²) in [5, 5.41) is 12.4. The van der Waals surface area contributed by atoms with Crippen molar-refractivity contribution in [1.82, 2.24) is 24.8 Å². The van der Waals surface area contributed by atoms with Crippen molar-refractivity contribution in [2.45, 2.75) is 78.0 Å². The van der Waals surface area contributed by atoms with Gasteiger partial charge in [0, 0.05) is 51.1 Å². The summed E-state index contributed by atoms with van der Waals surface area (Å²) < 4.78 is 34.6. The van der Waals surface area contributed by atoms with Crippen LogP contribution in [0.4, 0.5) is 9.18 Å². The van der Waals surface area contributed by atoms with E-state index in [4.69, 9.17) is 24.2 Å². The monoisotopic (exact) mass is 641 g/mol. The highest BCUT2D eigenvalue weighted by molar-refractivity contribution is 6.76. The van der Waals surface area contributed by atoms with E-state index < -0.39 is 20.0 Å². The number of nitrogens with zero attached hydrogens (tertiary/aromatic N) is 4. The third-order valence-electron chi connectivity index (χ3n) is 8.49. The second-order valence-corrected chi connectivity index (χ2v) is 18.9. The van der Waals surface area contributed by atoms with Gasteiger partial charge in [0.1, 0.15) is 29.5 Å². The van der Waals surface area contributed by atoms with E-state index in [9.17, 15) is 19.1 Å². The van der Waals surface area contributed by atoms with E-state index in [1.165, 1.54) is 18.1 Å². The first kappa shape index (κ1) is 32.7. The van der Waals surface area contributed by atoms with Crippen molar-refractivity contribution in [3.63, 3.8) is 0 Å². The van der Waals surface area contributed by atoms with Crippen LogP contribution in [0, 0.1) is 25.6 Å². The first-order valence-electron chi connectivity index (χ1n) is 15.6. The zero-order chi connectivity index (χ0) is 32.5. The molecular weight excluding hydrogens is 597 g/mol. The Morgan fingerprint density at radius 2 is 1.80 bits per heavy atom. The summed E-state index contributed by atoms with van der Waals surface area (Å²) in [7, 11) is 0.0635. The maximum Gasteiger partial charge on any atom is 0.407 e. The lowest BCUT2D eigenvalue weighted by molar-refractivity contribution is 0.0874. The average Bonchev–Trinajstić information content (AvgIpc) is 3.76. The number of fused-ring (bicyclic) bond motifs is 1. The maximum absolute atomic E-state index is 15.0. The minimum atomic E-state index is -1.35. The number of benzene rings is 1. The van der Waals surface area contributed by atoms with Crippen LogP contribution in [-0.2, 0) is 11.5 Å². The number of amides is 2. The van der Waals surface area contributed by atoms with Crippen molar-refractivity contribution in [3.8, 4) is 22.8 Å². The molecule has 11 nitrogen and oxygen atoms in total. The number of carboxylic acid groups (broad SMARTS) is 1. The summed E-state index contributed by atoms with van der Waals surface area (Å²) in [6.07, 6.45) is 2.24. The van der Waals surface area contributed by atoms with Crippen molar-refractivity contribution < 1.29 is 33.3 Å². The van der Waals surface area contributed by atoms with E-state index in [1.807, 2.05) is 11.5 Å². The molecule has 2 aromatic heterocycles. The highest BCUT2D eigenvalue weighted by atomic mass is 28.3. The smallest absolute Gasteiger partial charge is 0.407 e. The third kappa shape index (κ3) is 7.58. The molecule has 0 bridgehead atoms. The van der Waals surface area contributed by atoms with E-state index in [-0.39, 0.29) is 24.4 Å². The summed E-state index contributed by atoms with van der Waals surface area (Å²) in [4.78, 5) is 36.3. The van der Waals surface area contributed by atoms with Crippen LogP contribution in [0.15, 0.2) is 12.1 Å². The highest BCUT2D eigenvalue weighted by Crippen LogP contribution is 2.41. The van der Waals surface area contributed by atoms with Crippen LogP contribution >= 0.6 is 0 Å². The normalized spacial score (nSPS) is 15.8. The summed E-state index contributed by atoms with van der Waals surface area (Å²) in [5.41, 5.74) is 3.14. The lowest BCUT2D eigenvalue weighted by atomic mass is 10.0. The quantitative estimate of drug-likeness (QED) is 0.187. The Kier molecular flexibility index (Phi) is 9.68. The lowest BCUT2D eigenvalue weighted by Gasteiger charge is -2.30. The number of aryl methyl sites for hydroxylation is 1. The van der Waals surface area contributed by atoms with Gasteiger partial charge >= 0.3 is 6.09 Å². The molecule has 0 unspecified atom stereocenters. The second kappa shape index (κ2) is 13.3. The number of nitrogens with one attached hydrogen (secondary N) is 1. The molecule has 2 aliphatic rings. The molecule has 244 valence electrons. The number of piperidine rings is 1. The number of methoxy groups -OCH3 is 1. The molecule has 1 saturated carbocycles. The molecule has 1 aromatic carbocycles. The van der Waals surface area contributed by atoms with E-state index in [0.717, 1.165) is 18.9 Å². The molecule has 2 N–H and O–H groups in total. The van der Waals surface area contributed by atoms with E-state index >= 15 is 0 Å². The highest BCUT2D eigenvalue weighted by Gasteiger charge is 2.30. The Bertz CT molecular complexity index is 1580. The number of hydrogen-bond acceptors (Lipinski definition) is 7. The fourth-order valence-corrected chi connectivity index (χ4v) is 6.34. The molecule has 45 heavy (non-hydrogen) atoms. The molecule has 1 aliphatic carbocycles. The molecular formula is C32H44FN5O6Si. The van der Waals surface area contributed by atoms with Gasteiger partial charge in [-0.25, -0.2) is 19.2 Å². The van der Waals surface area contributed by atoms with Crippen molar-refractivity contribution in [3.05, 3.63) is 35.0 Å². The number of ether oxygens (including phenoxy) is 3. The van der Waals surface area contributed by atoms with Gasteiger partial charge in [-0.2, -0.15) is 0 Å². The van der Waals surface area contributed by atoms with Crippen LogP contribution < -0.4 is 14.8 Å². The molecule has 3 heterocycles. The van der Waals surface area contributed by atoms with Crippen molar-refractivity contribution in [1.29, 1.82) is 0 Å². The molecule has 1 saturated heterocycles. The number of carbonyl (C=O) groups is 2. The Morgan fingerprint density at radius 3 is 2.42 bits per heavy atom. The molecule has 0 radical (unpaired) electrons. The zero-order valence-electron chi connectivity index (χ0n) is 27.0. The number of likely N-dealkylation sites (tertiary alicyclic amines) is 1. The molecule has 3 aromatic rings. The molecule has 13 heteroatoms. The maximum atomic E-state index is 15.0. The number of halogens is 1. The summed E-state index contributed by atoms with van der Waals surface area (Å²) in [6, 6.07) is 3.73.